The van der Waals surface area contributed by atoms with Gasteiger partial charge in [-0.05, 0) is 49.2 Å². The first-order valence-corrected chi connectivity index (χ1v) is 24.3. The molecule has 0 saturated carbocycles. The van der Waals surface area contributed by atoms with Crippen LogP contribution in [0.2, 0.25) is 0 Å². The third-order valence-electron chi connectivity index (χ3n) is 8.82. The first kappa shape index (κ1) is 59.7. The summed E-state index contributed by atoms with van der Waals surface area (Å²) in [5.74, 6) is -0.786. The zero-order chi connectivity index (χ0) is 47.1. The number of aromatic nitrogens is 2. The SMILES string of the molecule is CCOC(=O)C1=C(COCCOS(C)(=O)=O)NC(c2nccs2)=NC1c1ccc(F)cc1Br.CCOC(=O)C1=C2COCCN2C(c2nccs2)=NC1c1ccc(F)cc1Br.O=CO[O-].[H-].[K+].[K+]. The van der Waals surface area contributed by atoms with Crippen LogP contribution in [0.4, 0.5) is 8.78 Å². The van der Waals surface area contributed by atoms with Crippen molar-refractivity contribution in [1.29, 1.82) is 0 Å². The molecule has 1 saturated heterocycles. The van der Waals surface area contributed by atoms with E-state index in [1.807, 2.05) is 10.3 Å². The molecule has 2 aromatic heterocycles. The van der Waals surface area contributed by atoms with Crippen molar-refractivity contribution in [1.82, 2.24) is 20.2 Å². The van der Waals surface area contributed by atoms with Crippen LogP contribution < -0.4 is 113 Å². The van der Waals surface area contributed by atoms with Crippen molar-refractivity contribution in [3.05, 3.63) is 124 Å². The number of esters is 2. The summed E-state index contributed by atoms with van der Waals surface area (Å²) >= 11 is 9.59. The summed E-state index contributed by atoms with van der Waals surface area (Å²) < 4.78 is 77.1. The van der Waals surface area contributed by atoms with Crippen molar-refractivity contribution in [3.8, 4) is 0 Å². The van der Waals surface area contributed by atoms with E-state index < -0.39 is 40.0 Å². The topological polar surface area (TPSA) is 230 Å². The minimum Gasteiger partial charge on any atom is -1.00 e. The van der Waals surface area contributed by atoms with Crippen LogP contribution in [-0.2, 0) is 52.5 Å². The van der Waals surface area contributed by atoms with Crippen molar-refractivity contribution in [2.75, 3.05) is 59.0 Å². The van der Waals surface area contributed by atoms with Crippen LogP contribution in [0.1, 0.15) is 48.5 Å². The van der Waals surface area contributed by atoms with Crippen molar-refractivity contribution in [2.24, 2.45) is 9.98 Å². The molecule has 3 aliphatic rings. The number of carbonyl (C=O) groups is 3. The average Bonchev–Trinajstić information content (AvgIpc) is 4.02. The first-order chi connectivity index (χ1) is 31.2. The number of benzene rings is 2. The summed E-state index contributed by atoms with van der Waals surface area (Å²) in [6.45, 7) is 4.70. The smallest absolute Gasteiger partial charge is 1.00 e. The molecule has 5 heterocycles. The van der Waals surface area contributed by atoms with Crippen molar-refractivity contribution in [2.45, 2.75) is 25.9 Å². The maximum absolute atomic E-state index is 13.7. The Bertz CT molecular complexity index is 2570. The third-order valence-corrected chi connectivity index (χ3v) is 12.3. The molecule has 0 aliphatic carbocycles. The van der Waals surface area contributed by atoms with E-state index in [9.17, 15) is 26.8 Å². The standard InChI is InChI=1S/C20H21BrFN3O6S2.C19H17BrFN3O3S.CH2O3.2K.H/c1-3-30-20(26)16-15(11-29-7-8-31-33(2,27)28)24-18(19-23-6-9-32-19)25-17(16)13-5-4-12(22)10-14(13)21;1-2-27-19(25)15-14-10-26-7-6-24(14)17(18-22-5-8-28-18)23-16(15)12-4-3-11(21)9-13(12)20;2-1-4-3;;;/h4-6,9-10,17H,3,7-8,11H2,1-2H3,(H,24,25);3-5,8-9,16H,2,6-7,10H2,1H3;1,3H;;;/q;;;2*+1;-1/p-1. The van der Waals surface area contributed by atoms with Crippen LogP contribution in [-0.4, -0.2) is 112 Å². The Kier molecular flexibility index (Phi) is 26.5. The molecule has 3 aliphatic heterocycles. The second-order valence-corrected chi connectivity index (χ2v) is 18.2. The maximum Gasteiger partial charge on any atom is 1.00 e. The molecule has 27 heteroatoms. The molecule has 1 fully saturated rings. The molecule has 0 bridgehead atoms. The molecular weight excluding hydrogens is 1130 g/mol. The molecule has 18 nitrogen and oxygen atoms in total. The van der Waals surface area contributed by atoms with Gasteiger partial charge < -0.3 is 40.7 Å². The van der Waals surface area contributed by atoms with E-state index >= 15 is 0 Å². The number of carbonyl (C=O) groups excluding carboxylic acids is 3. The number of morpholine rings is 1. The van der Waals surface area contributed by atoms with E-state index in [0.29, 0.717) is 66.9 Å². The molecule has 2 atom stereocenters. The number of thiazole rings is 2. The van der Waals surface area contributed by atoms with Gasteiger partial charge in [-0.25, -0.2) is 28.3 Å². The number of nitrogens with one attached hydrogen (secondary N) is 1. The van der Waals surface area contributed by atoms with E-state index in [0.717, 1.165) is 11.3 Å². The van der Waals surface area contributed by atoms with Crippen LogP contribution >= 0.6 is 54.5 Å². The number of amidine groups is 2. The fraction of sp³-hybridized carbons (Fsp3) is 0.325. The molecule has 350 valence electrons. The molecule has 2 unspecified atom stereocenters. The van der Waals surface area contributed by atoms with Gasteiger partial charge in [-0.15, -0.1) is 22.7 Å². The van der Waals surface area contributed by atoms with Crippen LogP contribution in [0.5, 0.6) is 0 Å². The van der Waals surface area contributed by atoms with E-state index in [1.165, 1.54) is 53.0 Å². The van der Waals surface area contributed by atoms with Gasteiger partial charge in [-0.2, -0.15) is 8.42 Å². The number of halogens is 4. The second kappa shape index (κ2) is 29.7. The Morgan fingerprint density at radius 3 is 1.99 bits per heavy atom. The molecule has 2 aromatic carbocycles. The summed E-state index contributed by atoms with van der Waals surface area (Å²) in [6, 6.07) is 6.98. The number of fused-ring (bicyclic) bond motifs is 1. The summed E-state index contributed by atoms with van der Waals surface area (Å²) in [5, 5.41) is 16.5. The molecule has 1 N–H and O–H groups in total. The number of ether oxygens (including phenoxy) is 4. The minimum atomic E-state index is -3.60. The Hall–Kier alpha value is -1.59. The Morgan fingerprint density at radius 2 is 1.48 bits per heavy atom. The molecule has 0 spiro atoms. The predicted octanol–water partition coefficient (Wildman–Crippen LogP) is -0.803. The maximum atomic E-state index is 13.7. The summed E-state index contributed by atoms with van der Waals surface area (Å²) in [4.78, 5) is 57.3. The van der Waals surface area contributed by atoms with Gasteiger partial charge in [-0.1, -0.05) is 44.0 Å². The van der Waals surface area contributed by atoms with Crippen molar-refractivity contribution in [3.63, 3.8) is 0 Å². The van der Waals surface area contributed by atoms with Crippen molar-refractivity contribution >= 4 is 94.7 Å². The Balaban J connectivity index is 0.000000419. The third kappa shape index (κ3) is 17.0. The van der Waals surface area contributed by atoms with Gasteiger partial charge in [0, 0.05) is 38.6 Å². The number of nitrogens with zero attached hydrogens (tertiary/aromatic N) is 5. The number of hydrogen-bond donors (Lipinski definition) is 1. The largest absolute Gasteiger partial charge is 1.00 e. The molecule has 0 amide bonds. The number of aliphatic imine (C=N–C) groups is 2. The van der Waals surface area contributed by atoms with Gasteiger partial charge in [0.25, 0.3) is 16.6 Å². The Labute approximate surface area is 495 Å². The number of rotatable bonds is 15. The Morgan fingerprint density at radius 1 is 0.925 bits per heavy atom. The van der Waals surface area contributed by atoms with E-state index in [-0.39, 0.29) is 162 Å². The number of hydrogen-bond acceptors (Lipinski definition) is 20. The van der Waals surface area contributed by atoms with Gasteiger partial charge in [-0.3, -0.25) is 19.0 Å². The van der Waals surface area contributed by atoms with Crippen LogP contribution in [0.25, 0.3) is 0 Å². The second-order valence-electron chi connectivity index (χ2n) is 13.0. The van der Waals surface area contributed by atoms with Gasteiger partial charge >= 0.3 is 115 Å². The van der Waals surface area contributed by atoms with Gasteiger partial charge in [0.1, 0.15) is 23.7 Å². The van der Waals surface area contributed by atoms with E-state index in [1.54, 1.807) is 37.7 Å². The fourth-order valence-electron chi connectivity index (χ4n) is 6.27. The van der Waals surface area contributed by atoms with Gasteiger partial charge in [0.05, 0.1) is 75.0 Å². The average molecular weight is 1170 g/mol. The molecule has 7 rings (SSSR count). The predicted molar refractivity (Wildman–Crippen MR) is 239 cm³/mol. The zero-order valence-corrected chi connectivity index (χ0v) is 48.4. The zero-order valence-electron chi connectivity index (χ0n) is 37.5. The normalized spacial score (nSPS) is 16.4. The van der Waals surface area contributed by atoms with Crippen molar-refractivity contribution < 1.29 is 169 Å². The summed E-state index contributed by atoms with van der Waals surface area (Å²) in [5.41, 5.74) is 2.91. The molecule has 4 aromatic rings. The van der Waals surface area contributed by atoms with Crippen LogP contribution in [0, 0.1) is 11.6 Å². The first-order valence-electron chi connectivity index (χ1n) is 19.1. The van der Waals surface area contributed by atoms with Gasteiger partial charge in [0.2, 0.25) is 0 Å². The van der Waals surface area contributed by atoms with Gasteiger partial charge in [0.15, 0.2) is 21.7 Å². The monoisotopic (exact) mass is 1170 g/mol. The molecular formula is C40H40Br2F2K2N6O12S3. The fourth-order valence-corrected chi connectivity index (χ4v) is 9.01. The molecule has 67 heavy (non-hydrogen) atoms. The van der Waals surface area contributed by atoms with E-state index in [4.69, 9.17) is 34.0 Å². The summed E-state index contributed by atoms with van der Waals surface area (Å²) in [7, 11) is -3.60. The van der Waals surface area contributed by atoms with Crippen LogP contribution in [0.15, 0.2) is 101 Å². The molecule has 0 radical (unpaired) electrons. The van der Waals surface area contributed by atoms with Crippen LogP contribution in [0.3, 0.4) is 0 Å². The minimum absolute atomic E-state index is 0. The summed E-state index contributed by atoms with van der Waals surface area (Å²) in [6.07, 6.45) is 4.28. The van der Waals surface area contributed by atoms with E-state index in [2.05, 4.69) is 61.2 Å². The quantitative estimate of drug-likeness (QED) is 0.0292.